The van der Waals surface area contributed by atoms with Crippen molar-refractivity contribution < 1.29 is 13.9 Å². The summed E-state index contributed by atoms with van der Waals surface area (Å²) in [6.07, 6.45) is 0.756. The van der Waals surface area contributed by atoms with E-state index >= 15 is 0 Å². The number of aryl methyl sites for hydroxylation is 1. The standard InChI is InChI=1S/C16H19NO5/c1-4-21-14(18)11-5-6-12-13(9-11)17(8-7-10(2)3)16(20)22-15(12)19/h5-6,9-10H,4,7-8H2,1-3H3. The van der Waals surface area contributed by atoms with Gasteiger partial charge >= 0.3 is 17.4 Å². The normalized spacial score (nSPS) is 11.1. The van der Waals surface area contributed by atoms with Gasteiger partial charge < -0.3 is 9.15 Å². The third-order valence-corrected chi connectivity index (χ3v) is 3.35. The molecule has 0 aliphatic carbocycles. The monoisotopic (exact) mass is 305 g/mol. The molecule has 0 spiro atoms. The number of ether oxygens (including phenoxy) is 1. The molecule has 0 unspecified atom stereocenters. The van der Waals surface area contributed by atoms with E-state index in [2.05, 4.69) is 0 Å². The van der Waals surface area contributed by atoms with E-state index in [0.717, 1.165) is 6.42 Å². The van der Waals surface area contributed by atoms with Crippen molar-refractivity contribution in [2.45, 2.75) is 33.7 Å². The summed E-state index contributed by atoms with van der Waals surface area (Å²) in [4.78, 5) is 35.6. The van der Waals surface area contributed by atoms with Crippen molar-refractivity contribution in [1.29, 1.82) is 0 Å². The van der Waals surface area contributed by atoms with Gasteiger partial charge in [0.05, 0.1) is 23.1 Å². The average Bonchev–Trinajstić information content (AvgIpc) is 2.46. The van der Waals surface area contributed by atoms with Crippen LogP contribution in [0.1, 0.15) is 37.6 Å². The van der Waals surface area contributed by atoms with E-state index in [4.69, 9.17) is 9.15 Å². The number of carbonyl (C=O) groups excluding carboxylic acids is 1. The molecule has 118 valence electrons. The Balaban J connectivity index is 2.61. The molecular formula is C16H19NO5. The van der Waals surface area contributed by atoms with Crippen LogP contribution in [-0.2, 0) is 11.3 Å². The fraction of sp³-hybridized carbons (Fsp3) is 0.438. The summed E-state index contributed by atoms with van der Waals surface area (Å²) in [5.74, 6) is -0.804. The van der Waals surface area contributed by atoms with Gasteiger partial charge in [-0.25, -0.2) is 14.4 Å². The molecule has 0 fully saturated rings. The second-order valence-electron chi connectivity index (χ2n) is 5.44. The van der Waals surface area contributed by atoms with Crippen molar-refractivity contribution in [3.63, 3.8) is 0 Å². The molecular weight excluding hydrogens is 286 g/mol. The van der Waals surface area contributed by atoms with Crippen LogP contribution >= 0.6 is 0 Å². The Bertz CT molecular complexity index is 800. The van der Waals surface area contributed by atoms with Crippen LogP contribution in [0, 0.1) is 5.92 Å². The lowest BCUT2D eigenvalue weighted by Gasteiger charge is -2.11. The van der Waals surface area contributed by atoms with Gasteiger partial charge in [-0.1, -0.05) is 13.8 Å². The number of hydrogen-bond donors (Lipinski definition) is 0. The van der Waals surface area contributed by atoms with Crippen molar-refractivity contribution in [1.82, 2.24) is 4.57 Å². The number of benzene rings is 1. The van der Waals surface area contributed by atoms with Gasteiger partial charge in [0.25, 0.3) is 0 Å². The minimum atomic E-state index is -0.709. The average molecular weight is 305 g/mol. The SMILES string of the molecule is CCOC(=O)c1ccc2c(=O)oc(=O)n(CCC(C)C)c2c1. The van der Waals surface area contributed by atoms with Gasteiger partial charge in [0.1, 0.15) is 0 Å². The highest BCUT2D eigenvalue weighted by molar-refractivity contribution is 5.94. The van der Waals surface area contributed by atoms with Gasteiger partial charge in [0.2, 0.25) is 0 Å². The van der Waals surface area contributed by atoms with Crippen LogP contribution in [0.3, 0.4) is 0 Å². The van der Waals surface area contributed by atoms with Crippen molar-refractivity contribution >= 4 is 16.9 Å². The van der Waals surface area contributed by atoms with Crippen LogP contribution in [0.15, 0.2) is 32.2 Å². The molecule has 0 radical (unpaired) electrons. The molecule has 0 atom stereocenters. The maximum absolute atomic E-state index is 12.0. The number of rotatable bonds is 5. The Morgan fingerprint density at radius 3 is 2.68 bits per heavy atom. The van der Waals surface area contributed by atoms with Crippen LogP contribution in [0.5, 0.6) is 0 Å². The Hall–Kier alpha value is -2.37. The summed E-state index contributed by atoms with van der Waals surface area (Å²) < 4.78 is 11.1. The molecule has 0 aliphatic heterocycles. The molecule has 0 saturated heterocycles. The molecule has 2 aromatic rings. The van der Waals surface area contributed by atoms with Gasteiger partial charge in [-0.15, -0.1) is 0 Å². The molecule has 1 heterocycles. The Morgan fingerprint density at radius 1 is 1.32 bits per heavy atom. The van der Waals surface area contributed by atoms with Crippen LogP contribution in [0.25, 0.3) is 10.9 Å². The predicted octanol–water partition coefficient (Wildman–Crippen LogP) is 2.18. The largest absolute Gasteiger partial charge is 0.462 e. The fourth-order valence-corrected chi connectivity index (χ4v) is 2.16. The lowest BCUT2D eigenvalue weighted by atomic mass is 10.1. The van der Waals surface area contributed by atoms with Gasteiger partial charge in [-0.05, 0) is 37.5 Å². The van der Waals surface area contributed by atoms with Gasteiger partial charge in [0, 0.05) is 6.54 Å². The number of esters is 1. The predicted molar refractivity (Wildman–Crippen MR) is 82.2 cm³/mol. The van der Waals surface area contributed by atoms with Crippen molar-refractivity contribution in [3.8, 4) is 0 Å². The zero-order valence-corrected chi connectivity index (χ0v) is 12.9. The summed E-state index contributed by atoms with van der Waals surface area (Å²) in [6, 6.07) is 4.49. The van der Waals surface area contributed by atoms with Crippen LogP contribution in [-0.4, -0.2) is 17.1 Å². The first-order valence-corrected chi connectivity index (χ1v) is 7.28. The van der Waals surface area contributed by atoms with Crippen LogP contribution in [0.4, 0.5) is 0 Å². The summed E-state index contributed by atoms with van der Waals surface area (Å²) in [5, 5.41) is 0.274. The highest BCUT2D eigenvalue weighted by Crippen LogP contribution is 2.14. The quantitative estimate of drug-likeness (QED) is 0.791. The first-order chi connectivity index (χ1) is 10.4. The minimum absolute atomic E-state index is 0.258. The van der Waals surface area contributed by atoms with E-state index in [1.165, 1.54) is 22.8 Å². The third kappa shape index (κ3) is 3.27. The second-order valence-corrected chi connectivity index (χ2v) is 5.44. The molecule has 22 heavy (non-hydrogen) atoms. The number of fused-ring (bicyclic) bond motifs is 1. The fourth-order valence-electron chi connectivity index (χ4n) is 2.16. The molecule has 0 saturated carbocycles. The van der Waals surface area contributed by atoms with Gasteiger partial charge in [-0.3, -0.25) is 4.57 Å². The maximum Gasteiger partial charge on any atom is 0.422 e. The number of nitrogens with zero attached hydrogens (tertiary/aromatic N) is 1. The van der Waals surface area contributed by atoms with E-state index in [1.807, 2.05) is 13.8 Å². The molecule has 0 aliphatic rings. The Labute approximate surface area is 127 Å². The first-order valence-electron chi connectivity index (χ1n) is 7.28. The topological polar surface area (TPSA) is 78.5 Å². The minimum Gasteiger partial charge on any atom is -0.462 e. The van der Waals surface area contributed by atoms with Crippen LogP contribution < -0.4 is 11.4 Å². The molecule has 1 aromatic heterocycles. The molecule has 6 heteroatoms. The summed E-state index contributed by atoms with van der Waals surface area (Å²) in [7, 11) is 0. The lowest BCUT2D eigenvalue weighted by Crippen LogP contribution is -2.26. The highest BCUT2D eigenvalue weighted by Gasteiger charge is 2.14. The van der Waals surface area contributed by atoms with E-state index in [0.29, 0.717) is 23.5 Å². The maximum atomic E-state index is 12.0. The van der Waals surface area contributed by atoms with E-state index < -0.39 is 17.4 Å². The first kappa shape index (κ1) is 16.0. The molecule has 1 aromatic carbocycles. The number of hydrogen-bond acceptors (Lipinski definition) is 5. The van der Waals surface area contributed by atoms with Crippen molar-refractivity contribution in [2.75, 3.05) is 6.61 Å². The molecule has 2 rings (SSSR count). The van der Waals surface area contributed by atoms with Gasteiger partial charge in [0.15, 0.2) is 0 Å². The van der Waals surface area contributed by atoms with E-state index in [9.17, 15) is 14.4 Å². The lowest BCUT2D eigenvalue weighted by molar-refractivity contribution is 0.0526. The molecule has 0 amide bonds. The van der Waals surface area contributed by atoms with Gasteiger partial charge in [-0.2, -0.15) is 0 Å². The zero-order valence-electron chi connectivity index (χ0n) is 12.9. The third-order valence-electron chi connectivity index (χ3n) is 3.35. The van der Waals surface area contributed by atoms with E-state index in [1.54, 1.807) is 6.92 Å². The van der Waals surface area contributed by atoms with Crippen molar-refractivity contribution in [3.05, 3.63) is 44.7 Å². The van der Waals surface area contributed by atoms with Crippen molar-refractivity contribution in [2.24, 2.45) is 5.92 Å². The van der Waals surface area contributed by atoms with E-state index in [-0.39, 0.29) is 12.0 Å². The Kier molecular flexibility index (Phi) is 4.80. The second kappa shape index (κ2) is 6.60. The summed E-state index contributed by atoms with van der Waals surface area (Å²) in [6.45, 7) is 6.47. The number of carbonyl (C=O) groups is 1. The summed E-state index contributed by atoms with van der Waals surface area (Å²) >= 11 is 0. The molecule has 0 N–H and O–H groups in total. The van der Waals surface area contributed by atoms with Crippen LogP contribution in [0.2, 0.25) is 0 Å². The number of aromatic nitrogens is 1. The smallest absolute Gasteiger partial charge is 0.422 e. The Morgan fingerprint density at radius 2 is 2.05 bits per heavy atom. The zero-order chi connectivity index (χ0) is 16.3. The molecule has 6 nitrogen and oxygen atoms in total. The highest BCUT2D eigenvalue weighted by atomic mass is 16.5. The summed E-state index contributed by atoms with van der Waals surface area (Å²) in [5.41, 5.74) is 0.00121. The molecule has 0 bridgehead atoms.